The second kappa shape index (κ2) is 7.52. The maximum absolute atomic E-state index is 13.8. The lowest BCUT2D eigenvalue weighted by atomic mass is 9.85. The molecule has 8 nitrogen and oxygen atoms in total. The molecule has 2 aliphatic heterocycles. The molecule has 2 aliphatic rings. The average Bonchev–Trinajstić information content (AvgIpc) is 3.12. The third-order valence-corrected chi connectivity index (χ3v) is 6.76. The molecule has 0 saturated carbocycles. The first-order chi connectivity index (χ1) is 16.0. The van der Waals surface area contributed by atoms with Crippen LogP contribution in [0.4, 0.5) is 0 Å². The Labute approximate surface area is 190 Å². The van der Waals surface area contributed by atoms with Gasteiger partial charge in [0.25, 0.3) is 5.91 Å². The van der Waals surface area contributed by atoms with E-state index in [2.05, 4.69) is 0 Å². The second-order valence-corrected chi connectivity index (χ2v) is 8.09. The van der Waals surface area contributed by atoms with Gasteiger partial charge in [-0.3, -0.25) is 14.5 Å². The van der Waals surface area contributed by atoms with Gasteiger partial charge in [0.15, 0.2) is 28.8 Å². The number of carbonyl (C=O) groups is 2. The minimum Gasteiger partial charge on any atom is -0.493 e. The Morgan fingerprint density at radius 2 is 1.21 bits per heavy atom. The van der Waals surface area contributed by atoms with Crippen LogP contribution in [0.15, 0.2) is 24.3 Å². The molecular formula is C25H25NO7. The number of carbonyl (C=O) groups excluding carboxylic acids is 2. The predicted octanol–water partition coefficient (Wildman–Crippen LogP) is 3.65. The first kappa shape index (κ1) is 21.3. The summed E-state index contributed by atoms with van der Waals surface area (Å²) in [7, 11) is 7.70. The Morgan fingerprint density at radius 1 is 0.727 bits per heavy atom. The Bertz CT molecular complexity index is 1330. The summed E-state index contributed by atoms with van der Waals surface area (Å²) in [6.07, 6.45) is 0.920. The topological polar surface area (TPSA) is 83.5 Å². The number of methoxy groups -OCH3 is 5. The van der Waals surface area contributed by atoms with Crippen LogP contribution in [-0.2, 0) is 15.3 Å². The van der Waals surface area contributed by atoms with Crippen LogP contribution in [0.25, 0.3) is 21.5 Å². The molecule has 0 bridgehead atoms. The third-order valence-electron chi connectivity index (χ3n) is 6.76. The fourth-order valence-corrected chi connectivity index (χ4v) is 5.32. The van der Waals surface area contributed by atoms with Gasteiger partial charge in [-0.25, -0.2) is 0 Å². The molecule has 1 atom stereocenters. The standard InChI is InChI=1S/C25H25NO7/c1-29-17-9-13-14-10-18(30-2)20(32-4)12-16(14)23-22(15(13)11-19(17)31-3)24(28)26-8-6-7-21(27)25(23,26)33-5/h9-12H,6-8H2,1-5H3. The van der Waals surface area contributed by atoms with Crippen LogP contribution < -0.4 is 18.9 Å². The molecule has 33 heavy (non-hydrogen) atoms. The van der Waals surface area contributed by atoms with Crippen LogP contribution in [0.1, 0.15) is 28.8 Å². The van der Waals surface area contributed by atoms with E-state index < -0.39 is 5.72 Å². The quantitative estimate of drug-likeness (QED) is 0.548. The molecule has 0 radical (unpaired) electrons. The highest BCUT2D eigenvalue weighted by Crippen LogP contribution is 2.52. The van der Waals surface area contributed by atoms with Gasteiger partial charge in [-0.1, -0.05) is 0 Å². The molecule has 2 heterocycles. The van der Waals surface area contributed by atoms with E-state index in [0.717, 1.165) is 10.8 Å². The van der Waals surface area contributed by atoms with Gasteiger partial charge < -0.3 is 23.7 Å². The Balaban J connectivity index is 2.05. The minimum absolute atomic E-state index is 0.140. The fraction of sp³-hybridized carbons (Fsp3) is 0.360. The lowest BCUT2D eigenvalue weighted by Gasteiger charge is -2.40. The molecule has 1 amide bonds. The van der Waals surface area contributed by atoms with E-state index in [-0.39, 0.29) is 11.7 Å². The maximum atomic E-state index is 13.8. The second-order valence-electron chi connectivity index (χ2n) is 8.09. The molecule has 172 valence electrons. The number of benzene rings is 3. The van der Waals surface area contributed by atoms with E-state index in [1.54, 1.807) is 39.4 Å². The first-order valence-electron chi connectivity index (χ1n) is 10.6. The van der Waals surface area contributed by atoms with Crippen molar-refractivity contribution >= 4 is 33.2 Å². The molecule has 0 aromatic heterocycles. The zero-order valence-electron chi connectivity index (χ0n) is 19.2. The van der Waals surface area contributed by atoms with Crippen LogP contribution in [0.3, 0.4) is 0 Å². The van der Waals surface area contributed by atoms with Gasteiger partial charge in [0.2, 0.25) is 5.72 Å². The van der Waals surface area contributed by atoms with E-state index in [4.69, 9.17) is 23.7 Å². The van der Waals surface area contributed by atoms with Crippen molar-refractivity contribution in [2.75, 3.05) is 42.1 Å². The maximum Gasteiger partial charge on any atom is 0.257 e. The molecule has 0 N–H and O–H groups in total. The summed E-state index contributed by atoms with van der Waals surface area (Å²) in [4.78, 5) is 28.7. The molecule has 3 aromatic rings. The van der Waals surface area contributed by atoms with Gasteiger partial charge in [0.1, 0.15) is 0 Å². The highest BCUT2D eigenvalue weighted by atomic mass is 16.5. The summed E-state index contributed by atoms with van der Waals surface area (Å²) in [6.45, 7) is 0.427. The van der Waals surface area contributed by atoms with E-state index >= 15 is 0 Å². The summed E-state index contributed by atoms with van der Waals surface area (Å²) in [5.74, 6) is 1.66. The molecule has 3 aromatic carbocycles. The number of hydrogen-bond acceptors (Lipinski definition) is 7. The summed E-state index contributed by atoms with van der Waals surface area (Å²) < 4.78 is 28.1. The van der Waals surface area contributed by atoms with Gasteiger partial charge in [0.05, 0.1) is 34.0 Å². The molecule has 0 aliphatic carbocycles. The van der Waals surface area contributed by atoms with Crippen molar-refractivity contribution in [3.8, 4) is 23.0 Å². The van der Waals surface area contributed by atoms with Gasteiger partial charge in [0, 0.05) is 25.6 Å². The summed E-state index contributed by atoms with van der Waals surface area (Å²) in [6, 6.07) is 7.29. The van der Waals surface area contributed by atoms with Gasteiger partial charge >= 0.3 is 0 Å². The van der Waals surface area contributed by atoms with Crippen molar-refractivity contribution in [3.63, 3.8) is 0 Å². The van der Waals surface area contributed by atoms with Crippen molar-refractivity contribution in [3.05, 3.63) is 35.4 Å². The molecule has 0 spiro atoms. The number of nitrogens with zero attached hydrogens (tertiary/aromatic N) is 1. The van der Waals surface area contributed by atoms with E-state index in [1.165, 1.54) is 7.11 Å². The highest BCUT2D eigenvalue weighted by Gasteiger charge is 2.58. The van der Waals surface area contributed by atoms with Crippen LogP contribution in [0.2, 0.25) is 0 Å². The fourth-order valence-electron chi connectivity index (χ4n) is 5.32. The monoisotopic (exact) mass is 451 g/mol. The molecule has 1 fully saturated rings. The zero-order chi connectivity index (χ0) is 23.5. The number of hydrogen-bond donors (Lipinski definition) is 0. The molecule has 1 saturated heterocycles. The van der Waals surface area contributed by atoms with Crippen molar-refractivity contribution < 1.29 is 33.3 Å². The van der Waals surface area contributed by atoms with Crippen molar-refractivity contribution in [2.24, 2.45) is 0 Å². The molecular weight excluding hydrogens is 426 g/mol. The number of piperidine rings is 1. The number of ketones is 1. The van der Waals surface area contributed by atoms with Gasteiger partial charge in [-0.05, 0) is 52.2 Å². The van der Waals surface area contributed by atoms with Crippen LogP contribution in [0.5, 0.6) is 23.0 Å². The molecule has 1 unspecified atom stereocenters. The lowest BCUT2D eigenvalue weighted by Crippen LogP contribution is -2.54. The number of ether oxygens (including phenoxy) is 5. The number of fused-ring (bicyclic) bond motifs is 8. The number of Topliss-reactive ketones (excluding diaryl/α,β-unsaturated/α-hetero) is 1. The Kier molecular flexibility index (Phi) is 4.86. The molecule has 8 heteroatoms. The minimum atomic E-state index is -1.48. The predicted molar refractivity (Wildman–Crippen MR) is 122 cm³/mol. The van der Waals surface area contributed by atoms with Crippen molar-refractivity contribution in [1.29, 1.82) is 0 Å². The first-order valence-corrected chi connectivity index (χ1v) is 10.6. The Hall–Kier alpha value is -3.52. The van der Waals surface area contributed by atoms with E-state index in [0.29, 0.717) is 64.3 Å². The van der Waals surface area contributed by atoms with Crippen molar-refractivity contribution in [1.82, 2.24) is 4.90 Å². The number of amides is 1. The number of rotatable bonds is 5. The molecule has 5 rings (SSSR count). The summed E-state index contributed by atoms with van der Waals surface area (Å²) >= 11 is 0. The summed E-state index contributed by atoms with van der Waals surface area (Å²) in [5, 5.41) is 2.90. The highest BCUT2D eigenvalue weighted by molar-refractivity contribution is 6.24. The normalized spacial score (nSPS) is 19.6. The zero-order valence-corrected chi connectivity index (χ0v) is 19.2. The van der Waals surface area contributed by atoms with Crippen molar-refractivity contribution in [2.45, 2.75) is 18.6 Å². The SMILES string of the molecule is COc1cc2c3c(c4cc(OC)c(OC)cc4c2cc1OC)C1(OC)C(=O)CCCN1C3=O. The third kappa shape index (κ3) is 2.61. The van der Waals surface area contributed by atoms with Crippen LogP contribution in [-0.4, -0.2) is 58.7 Å². The largest absolute Gasteiger partial charge is 0.493 e. The van der Waals surface area contributed by atoms with E-state index in [1.807, 2.05) is 18.2 Å². The van der Waals surface area contributed by atoms with Crippen LogP contribution in [0, 0.1) is 0 Å². The summed E-state index contributed by atoms with van der Waals surface area (Å²) in [5.41, 5.74) is -0.512. The van der Waals surface area contributed by atoms with Gasteiger partial charge in [-0.15, -0.1) is 0 Å². The van der Waals surface area contributed by atoms with E-state index in [9.17, 15) is 9.59 Å². The average molecular weight is 451 g/mol. The lowest BCUT2D eigenvalue weighted by molar-refractivity contribution is -0.169. The Morgan fingerprint density at radius 3 is 1.73 bits per heavy atom. The van der Waals surface area contributed by atoms with Crippen LogP contribution >= 0.6 is 0 Å². The smallest absolute Gasteiger partial charge is 0.257 e. The van der Waals surface area contributed by atoms with Gasteiger partial charge in [-0.2, -0.15) is 0 Å².